The minimum Gasteiger partial charge on any atom is -0.311 e. The predicted octanol–water partition coefficient (Wildman–Crippen LogP) is 8.85. The standard InChI is InChI=1S/C22H16F12INOS/c23-19(24,25)11-3-4-12(20(26,27)28)7-13(6-11)18(37-38-35,17-2-1-5-36-17)14-8-15(21(29,30)31)10-16(9-14)22(32,33)34/h3-4,6-11,17,36H,1-2,5H2. The first-order chi connectivity index (χ1) is 17.3. The van der Waals surface area contributed by atoms with E-state index >= 15 is 0 Å². The van der Waals surface area contributed by atoms with E-state index in [-0.39, 0.29) is 55.8 Å². The Morgan fingerprint density at radius 2 is 1.34 bits per heavy atom. The van der Waals surface area contributed by atoms with E-state index in [9.17, 15) is 52.7 Å². The largest absolute Gasteiger partial charge is 0.416 e. The number of allylic oxidation sites excluding steroid dienone is 4. The highest BCUT2D eigenvalue weighted by Gasteiger charge is 2.51. The highest BCUT2D eigenvalue weighted by molar-refractivity contribution is 14.2. The smallest absolute Gasteiger partial charge is 0.311 e. The molecule has 212 valence electrons. The Morgan fingerprint density at radius 3 is 1.76 bits per heavy atom. The van der Waals surface area contributed by atoms with Crippen LogP contribution in [0.4, 0.5) is 52.7 Å². The van der Waals surface area contributed by atoms with Gasteiger partial charge >= 0.3 is 24.7 Å². The topological polar surface area (TPSA) is 21.3 Å². The maximum Gasteiger partial charge on any atom is 0.416 e. The van der Waals surface area contributed by atoms with Gasteiger partial charge in [0.2, 0.25) is 0 Å². The summed E-state index contributed by atoms with van der Waals surface area (Å²) in [6.07, 6.45) is -19.8. The molecule has 1 aliphatic carbocycles. The van der Waals surface area contributed by atoms with E-state index in [0.717, 1.165) is 0 Å². The van der Waals surface area contributed by atoms with Crippen LogP contribution >= 0.6 is 30.4 Å². The van der Waals surface area contributed by atoms with Crippen LogP contribution in [0, 0.1) is 5.92 Å². The molecule has 0 spiro atoms. The van der Waals surface area contributed by atoms with E-state index in [0.29, 0.717) is 15.3 Å². The van der Waals surface area contributed by atoms with Gasteiger partial charge in [-0.2, -0.15) is 52.7 Å². The molecule has 1 heterocycles. The van der Waals surface area contributed by atoms with Crippen LogP contribution < -0.4 is 5.32 Å². The van der Waals surface area contributed by atoms with Crippen molar-refractivity contribution < 1.29 is 56.9 Å². The highest BCUT2D eigenvalue weighted by atomic mass is 127. The van der Waals surface area contributed by atoms with E-state index in [1.54, 1.807) is 0 Å². The van der Waals surface area contributed by atoms with Crippen LogP contribution in [0.2, 0.25) is 0 Å². The van der Waals surface area contributed by atoms with Crippen LogP contribution in [0.3, 0.4) is 0 Å². The molecule has 1 N–H and O–H groups in total. The molecule has 0 aromatic heterocycles. The molecule has 1 aromatic rings. The van der Waals surface area contributed by atoms with Gasteiger partial charge in [0.05, 0.1) is 31.8 Å². The summed E-state index contributed by atoms with van der Waals surface area (Å²) in [4.78, 5) is 0. The van der Waals surface area contributed by atoms with Gasteiger partial charge in [-0.25, -0.2) is 0 Å². The van der Waals surface area contributed by atoms with Crippen molar-refractivity contribution in [2.24, 2.45) is 5.92 Å². The second kappa shape index (κ2) is 10.9. The van der Waals surface area contributed by atoms with Gasteiger partial charge in [0.15, 0.2) is 0 Å². The third-order valence-electron chi connectivity index (χ3n) is 6.02. The fourth-order valence-electron chi connectivity index (χ4n) is 4.30. The SMILES string of the molecule is FC(F)(F)C1=CC(C(OSI)(c2cc(C(F)(F)F)cc(C(F)(F)F)c2)C2CCCN2)=CC(C(F)(F)F)C=C1. The summed E-state index contributed by atoms with van der Waals surface area (Å²) in [6.45, 7) is 0.136. The number of rotatable bonds is 5. The molecule has 0 saturated carbocycles. The van der Waals surface area contributed by atoms with Gasteiger partial charge in [0.25, 0.3) is 0 Å². The van der Waals surface area contributed by atoms with Crippen LogP contribution in [0.1, 0.15) is 29.5 Å². The molecule has 1 fully saturated rings. The van der Waals surface area contributed by atoms with Crippen LogP contribution in [-0.4, -0.2) is 24.9 Å². The first-order valence-corrected chi connectivity index (χ1v) is 13.8. The molecule has 1 saturated heterocycles. The van der Waals surface area contributed by atoms with Crippen molar-refractivity contribution in [2.75, 3.05) is 6.54 Å². The predicted molar refractivity (Wildman–Crippen MR) is 123 cm³/mol. The number of hydrogen-bond donors (Lipinski definition) is 1. The lowest BCUT2D eigenvalue weighted by Crippen LogP contribution is -2.48. The third kappa shape index (κ3) is 6.66. The normalized spacial score (nSPS) is 23.1. The van der Waals surface area contributed by atoms with Crippen LogP contribution in [0.15, 0.2) is 53.6 Å². The molecule has 0 radical (unpaired) electrons. The second-order valence-corrected chi connectivity index (χ2v) is 9.84. The average Bonchev–Trinajstić information content (AvgIpc) is 3.19. The van der Waals surface area contributed by atoms with E-state index in [4.69, 9.17) is 4.18 Å². The van der Waals surface area contributed by atoms with Crippen molar-refractivity contribution in [1.82, 2.24) is 5.32 Å². The zero-order valence-corrected chi connectivity index (χ0v) is 21.5. The molecule has 2 aliphatic rings. The van der Waals surface area contributed by atoms with Crippen molar-refractivity contribution in [3.8, 4) is 0 Å². The summed E-state index contributed by atoms with van der Waals surface area (Å²) < 4.78 is 170. The lowest BCUT2D eigenvalue weighted by Gasteiger charge is -2.40. The molecular weight excluding hydrogens is 681 g/mol. The zero-order valence-electron chi connectivity index (χ0n) is 18.5. The minimum atomic E-state index is -5.33. The first-order valence-electron chi connectivity index (χ1n) is 10.6. The van der Waals surface area contributed by atoms with Gasteiger partial charge in [0.1, 0.15) is 5.60 Å². The Bertz CT molecular complexity index is 1080. The van der Waals surface area contributed by atoms with E-state index in [2.05, 4.69) is 5.32 Å². The molecule has 38 heavy (non-hydrogen) atoms. The average molecular weight is 697 g/mol. The molecule has 2 nitrogen and oxygen atoms in total. The van der Waals surface area contributed by atoms with Crippen LogP contribution in [-0.2, 0) is 22.1 Å². The van der Waals surface area contributed by atoms with Crippen LogP contribution in [0.5, 0.6) is 0 Å². The molecule has 0 amide bonds. The molecule has 16 heteroatoms. The number of benzene rings is 1. The Kier molecular flexibility index (Phi) is 8.91. The Balaban J connectivity index is 2.47. The molecule has 1 aromatic carbocycles. The van der Waals surface area contributed by atoms with Gasteiger partial charge < -0.3 is 5.32 Å². The zero-order chi connectivity index (χ0) is 28.7. The van der Waals surface area contributed by atoms with Gasteiger partial charge in [-0.1, -0.05) is 18.2 Å². The summed E-state index contributed by atoms with van der Waals surface area (Å²) in [5.41, 5.74) is -9.61. The third-order valence-corrected chi connectivity index (χ3v) is 6.88. The summed E-state index contributed by atoms with van der Waals surface area (Å²) in [6, 6.07) is -0.958. The second-order valence-electron chi connectivity index (χ2n) is 8.47. The minimum absolute atomic E-state index is 0.0363. The van der Waals surface area contributed by atoms with E-state index < -0.39 is 70.1 Å². The van der Waals surface area contributed by atoms with E-state index in [1.165, 1.54) is 21.2 Å². The van der Waals surface area contributed by atoms with Crippen LogP contribution in [0.25, 0.3) is 0 Å². The fraction of sp³-hybridized carbons (Fsp3) is 0.455. The maximum absolute atomic E-state index is 13.8. The number of nitrogens with one attached hydrogen (secondary N) is 1. The van der Waals surface area contributed by atoms with Crippen molar-refractivity contribution in [3.63, 3.8) is 0 Å². The quantitative estimate of drug-likeness (QED) is 0.189. The molecular formula is C22H16F12INOS. The first kappa shape index (κ1) is 31.1. The highest BCUT2D eigenvalue weighted by Crippen LogP contribution is 2.50. The maximum atomic E-state index is 13.8. The number of halogens is 13. The number of hydrogen-bond acceptors (Lipinski definition) is 3. The number of alkyl halides is 12. The monoisotopic (exact) mass is 697 g/mol. The van der Waals surface area contributed by atoms with Crippen molar-refractivity contribution in [3.05, 3.63) is 70.3 Å². The van der Waals surface area contributed by atoms with Gasteiger partial charge in [-0.3, -0.25) is 4.18 Å². The van der Waals surface area contributed by atoms with Gasteiger partial charge in [0, 0.05) is 27.2 Å². The molecule has 0 bridgehead atoms. The molecule has 1 aliphatic heterocycles. The Labute approximate surface area is 224 Å². The van der Waals surface area contributed by atoms with Crippen molar-refractivity contribution >= 4 is 30.4 Å². The summed E-state index contributed by atoms with van der Waals surface area (Å²) in [5.74, 6) is -2.65. The van der Waals surface area contributed by atoms with Gasteiger partial charge in [-0.05, 0) is 54.8 Å². The van der Waals surface area contributed by atoms with Crippen molar-refractivity contribution in [2.45, 2.75) is 49.2 Å². The molecule has 3 rings (SSSR count). The summed E-state index contributed by atoms with van der Waals surface area (Å²) >= 11 is 1.44. The molecule has 3 unspecified atom stereocenters. The van der Waals surface area contributed by atoms with Gasteiger partial charge in [-0.15, -0.1) is 0 Å². The van der Waals surface area contributed by atoms with Crippen molar-refractivity contribution in [1.29, 1.82) is 0 Å². The summed E-state index contributed by atoms with van der Waals surface area (Å²) in [5, 5.41) is 2.76. The fourth-order valence-corrected chi connectivity index (χ4v) is 5.56. The Hall–Kier alpha value is -1.40. The summed E-state index contributed by atoms with van der Waals surface area (Å²) in [7, 11) is 0.349. The van der Waals surface area contributed by atoms with E-state index in [1.807, 2.05) is 0 Å². The lowest BCUT2D eigenvalue weighted by molar-refractivity contribution is -0.149. The molecule has 3 atom stereocenters. The Morgan fingerprint density at radius 1 is 0.789 bits per heavy atom. The lowest BCUT2D eigenvalue weighted by atomic mass is 9.76.